The van der Waals surface area contributed by atoms with Gasteiger partial charge in [-0.3, -0.25) is 4.79 Å². The molecule has 2 aromatic rings. The average Bonchev–Trinajstić information content (AvgIpc) is 2.58. The van der Waals surface area contributed by atoms with Gasteiger partial charge in [0.05, 0.1) is 18.2 Å². The standard InChI is InChI=1S/C18H14F6O2/c1-26-16(25)7-4-11-2-5-12(6-3-11)13-8-14(17(19,20)21)10-15(9-13)18(22,23)24/h2-3,5-6,8-10H,4,7H2,1H3. The Balaban J connectivity index is 2.36. The van der Waals surface area contributed by atoms with Crippen LogP contribution in [0.15, 0.2) is 42.5 Å². The fourth-order valence-electron chi connectivity index (χ4n) is 2.33. The Morgan fingerprint density at radius 2 is 1.35 bits per heavy atom. The van der Waals surface area contributed by atoms with Gasteiger partial charge in [0.25, 0.3) is 0 Å². The molecule has 0 atom stereocenters. The number of methoxy groups -OCH3 is 1. The second-order valence-electron chi connectivity index (χ2n) is 5.57. The van der Waals surface area contributed by atoms with Crippen LogP contribution in [0.3, 0.4) is 0 Å². The number of rotatable bonds is 4. The first kappa shape index (κ1) is 19.8. The zero-order valence-electron chi connectivity index (χ0n) is 13.5. The third-order valence-electron chi connectivity index (χ3n) is 3.72. The second-order valence-corrected chi connectivity index (χ2v) is 5.57. The third kappa shape index (κ3) is 5.00. The lowest BCUT2D eigenvalue weighted by atomic mass is 9.97. The van der Waals surface area contributed by atoms with E-state index in [0.717, 1.165) is 0 Å². The average molecular weight is 376 g/mol. The minimum atomic E-state index is -4.89. The molecular weight excluding hydrogens is 362 g/mol. The number of carbonyl (C=O) groups is 1. The zero-order chi connectivity index (χ0) is 19.5. The van der Waals surface area contributed by atoms with E-state index in [-0.39, 0.29) is 23.6 Å². The molecule has 0 aliphatic carbocycles. The summed E-state index contributed by atoms with van der Waals surface area (Å²) in [5.41, 5.74) is -1.99. The van der Waals surface area contributed by atoms with Crippen LogP contribution < -0.4 is 0 Å². The highest BCUT2D eigenvalue weighted by molar-refractivity contribution is 5.70. The third-order valence-corrected chi connectivity index (χ3v) is 3.72. The Kier molecular flexibility index (Phi) is 5.63. The lowest BCUT2D eigenvalue weighted by Gasteiger charge is -2.14. The molecule has 0 aromatic heterocycles. The van der Waals surface area contributed by atoms with Gasteiger partial charge in [0.1, 0.15) is 0 Å². The molecule has 0 unspecified atom stereocenters. The first-order valence-corrected chi connectivity index (χ1v) is 7.46. The number of ether oxygens (including phenoxy) is 1. The van der Waals surface area contributed by atoms with Gasteiger partial charge in [-0.15, -0.1) is 0 Å². The summed E-state index contributed by atoms with van der Waals surface area (Å²) in [6.45, 7) is 0. The molecular formula is C18H14F6O2. The van der Waals surface area contributed by atoms with Gasteiger partial charge < -0.3 is 4.74 Å². The molecule has 0 amide bonds. The van der Waals surface area contributed by atoms with Gasteiger partial charge in [0.15, 0.2) is 0 Å². The number of hydrogen-bond acceptors (Lipinski definition) is 2. The van der Waals surface area contributed by atoms with Gasteiger partial charge in [0, 0.05) is 6.42 Å². The van der Waals surface area contributed by atoms with E-state index in [1.807, 2.05) is 0 Å². The van der Waals surface area contributed by atoms with Crippen LogP contribution in [-0.4, -0.2) is 13.1 Å². The summed E-state index contributed by atoms with van der Waals surface area (Å²) in [6, 6.07) is 7.38. The molecule has 0 radical (unpaired) electrons. The minimum Gasteiger partial charge on any atom is -0.469 e. The predicted octanol–water partition coefficient (Wildman–Crippen LogP) is 5.50. The van der Waals surface area contributed by atoms with E-state index in [4.69, 9.17) is 0 Å². The second kappa shape index (κ2) is 7.39. The van der Waals surface area contributed by atoms with Crippen molar-refractivity contribution in [2.24, 2.45) is 0 Å². The summed E-state index contributed by atoms with van der Waals surface area (Å²) in [7, 11) is 1.25. The molecule has 26 heavy (non-hydrogen) atoms. The Hall–Kier alpha value is -2.51. The first-order valence-electron chi connectivity index (χ1n) is 7.46. The molecule has 0 N–H and O–H groups in total. The number of benzene rings is 2. The molecule has 0 spiro atoms. The van der Waals surface area contributed by atoms with Crippen LogP contribution in [0.2, 0.25) is 0 Å². The molecule has 0 bridgehead atoms. The summed E-state index contributed by atoms with van der Waals surface area (Å²) in [5.74, 6) is -0.415. The van der Waals surface area contributed by atoms with Gasteiger partial charge in [-0.05, 0) is 41.3 Å². The molecule has 140 valence electrons. The molecule has 0 aliphatic heterocycles. The minimum absolute atomic E-state index is 0.0915. The lowest BCUT2D eigenvalue weighted by Crippen LogP contribution is -2.11. The van der Waals surface area contributed by atoms with E-state index in [1.165, 1.54) is 19.2 Å². The predicted molar refractivity (Wildman–Crippen MR) is 82.2 cm³/mol. The van der Waals surface area contributed by atoms with Crippen molar-refractivity contribution in [3.05, 3.63) is 59.2 Å². The Morgan fingerprint density at radius 1 is 0.846 bits per heavy atom. The first-order chi connectivity index (χ1) is 12.0. The van der Waals surface area contributed by atoms with Gasteiger partial charge in [-0.2, -0.15) is 26.3 Å². The highest BCUT2D eigenvalue weighted by atomic mass is 19.4. The number of hydrogen-bond donors (Lipinski definition) is 0. The van der Waals surface area contributed by atoms with Crippen molar-refractivity contribution >= 4 is 5.97 Å². The Labute approximate surface area is 145 Å². The van der Waals surface area contributed by atoms with Crippen molar-refractivity contribution in [2.45, 2.75) is 25.2 Å². The molecule has 0 saturated carbocycles. The van der Waals surface area contributed by atoms with Crippen molar-refractivity contribution in [3.63, 3.8) is 0 Å². The van der Waals surface area contributed by atoms with Crippen LogP contribution in [0.1, 0.15) is 23.1 Å². The van der Waals surface area contributed by atoms with Gasteiger partial charge in [0.2, 0.25) is 0 Å². The summed E-state index contributed by atoms with van der Waals surface area (Å²) in [6.07, 6.45) is -9.31. The fourth-order valence-corrected chi connectivity index (χ4v) is 2.33. The zero-order valence-corrected chi connectivity index (χ0v) is 13.5. The van der Waals surface area contributed by atoms with Crippen molar-refractivity contribution in [3.8, 4) is 11.1 Å². The highest BCUT2D eigenvalue weighted by Crippen LogP contribution is 2.38. The SMILES string of the molecule is COC(=O)CCc1ccc(-c2cc(C(F)(F)F)cc(C(F)(F)F)c2)cc1. The topological polar surface area (TPSA) is 26.3 Å². The summed E-state index contributed by atoms with van der Waals surface area (Å²) < 4.78 is 82.0. The van der Waals surface area contributed by atoms with Gasteiger partial charge >= 0.3 is 18.3 Å². The van der Waals surface area contributed by atoms with Crippen LogP contribution in [-0.2, 0) is 28.3 Å². The quantitative estimate of drug-likeness (QED) is 0.521. The monoisotopic (exact) mass is 376 g/mol. The van der Waals surface area contributed by atoms with Gasteiger partial charge in [-0.1, -0.05) is 24.3 Å². The van der Waals surface area contributed by atoms with E-state index in [2.05, 4.69) is 4.74 Å². The molecule has 0 heterocycles. The summed E-state index contributed by atoms with van der Waals surface area (Å²) >= 11 is 0. The van der Waals surface area contributed by atoms with Crippen LogP contribution >= 0.6 is 0 Å². The van der Waals surface area contributed by atoms with Crippen LogP contribution in [0.25, 0.3) is 11.1 Å². The lowest BCUT2D eigenvalue weighted by molar-refractivity contribution is -0.143. The van der Waals surface area contributed by atoms with E-state index in [1.54, 1.807) is 12.1 Å². The molecule has 0 saturated heterocycles. The maximum atomic E-state index is 12.9. The van der Waals surface area contributed by atoms with E-state index >= 15 is 0 Å². The van der Waals surface area contributed by atoms with Crippen LogP contribution in [0.5, 0.6) is 0 Å². The van der Waals surface area contributed by atoms with Crippen molar-refractivity contribution in [1.29, 1.82) is 0 Å². The van der Waals surface area contributed by atoms with Crippen molar-refractivity contribution in [2.75, 3.05) is 7.11 Å². The highest BCUT2D eigenvalue weighted by Gasteiger charge is 2.36. The maximum absolute atomic E-state index is 12.9. The number of halogens is 6. The fraction of sp³-hybridized carbons (Fsp3) is 0.278. The smallest absolute Gasteiger partial charge is 0.416 e. The molecule has 8 heteroatoms. The number of aryl methyl sites for hydroxylation is 1. The van der Waals surface area contributed by atoms with Crippen molar-refractivity contribution in [1.82, 2.24) is 0 Å². The van der Waals surface area contributed by atoms with E-state index in [0.29, 0.717) is 24.1 Å². The molecule has 2 nitrogen and oxygen atoms in total. The van der Waals surface area contributed by atoms with Gasteiger partial charge in [-0.25, -0.2) is 0 Å². The summed E-state index contributed by atoms with van der Waals surface area (Å²) in [5, 5.41) is 0. The normalized spacial score (nSPS) is 12.1. The molecule has 0 fully saturated rings. The number of carbonyl (C=O) groups excluding carboxylic acids is 1. The van der Waals surface area contributed by atoms with Crippen LogP contribution in [0.4, 0.5) is 26.3 Å². The Morgan fingerprint density at radius 3 is 1.77 bits per heavy atom. The largest absolute Gasteiger partial charge is 0.469 e. The molecule has 0 aliphatic rings. The maximum Gasteiger partial charge on any atom is 0.416 e. The summed E-state index contributed by atoms with van der Waals surface area (Å²) in [4.78, 5) is 11.1. The van der Waals surface area contributed by atoms with Crippen molar-refractivity contribution < 1.29 is 35.9 Å². The molecule has 2 aromatic carbocycles. The van der Waals surface area contributed by atoms with E-state index < -0.39 is 29.4 Å². The molecule has 2 rings (SSSR count). The van der Waals surface area contributed by atoms with Crippen LogP contribution in [0, 0.1) is 0 Å². The number of alkyl halides is 6. The number of esters is 1. The Bertz CT molecular complexity index is 743. The van der Waals surface area contributed by atoms with E-state index in [9.17, 15) is 31.1 Å².